The predicted octanol–water partition coefficient (Wildman–Crippen LogP) is 2.64. The van der Waals surface area contributed by atoms with Gasteiger partial charge in [-0.25, -0.2) is 4.79 Å². The van der Waals surface area contributed by atoms with Crippen molar-refractivity contribution in [3.63, 3.8) is 0 Å². The Morgan fingerprint density at radius 1 is 1.31 bits per heavy atom. The quantitative estimate of drug-likeness (QED) is 0.694. The van der Waals surface area contributed by atoms with Gasteiger partial charge in [-0.2, -0.15) is 0 Å². The topological polar surface area (TPSA) is 105 Å². The Labute approximate surface area is 155 Å². The van der Waals surface area contributed by atoms with Crippen LogP contribution in [0.1, 0.15) is 26.3 Å². The van der Waals surface area contributed by atoms with Crippen molar-refractivity contribution in [2.75, 3.05) is 23.7 Å². The van der Waals surface area contributed by atoms with Crippen LogP contribution in [0, 0.1) is 0 Å². The van der Waals surface area contributed by atoms with Crippen molar-refractivity contribution in [3.8, 4) is 10.6 Å². The van der Waals surface area contributed by atoms with E-state index < -0.39 is 11.7 Å². The molecule has 2 heterocycles. The maximum atomic E-state index is 11.6. The maximum absolute atomic E-state index is 11.6. The Hall–Kier alpha value is -2.68. The van der Waals surface area contributed by atoms with Crippen molar-refractivity contribution in [2.45, 2.75) is 32.8 Å². The lowest BCUT2D eigenvalue weighted by atomic mass is 10.1. The Bertz CT molecular complexity index is 828. The summed E-state index contributed by atoms with van der Waals surface area (Å²) in [6, 6.07) is 5.76. The van der Waals surface area contributed by atoms with Crippen molar-refractivity contribution in [2.24, 2.45) is 0 Å². The van der Waals surface area contributed by atoms with Crippen LogP contribution in [0.5, 0.6) is 0 Å². The van der Waals surface area contributed by atoms with Crippen molar-refractivity contribution in [1.29, 1.82) is 0 Å². The average molecular weight is 375 g/mol. The van der Waals surface area contributed by atoms with Crippen LogP contribution >= 0.6 is 11.3 Å². The minimum atomic E-state index is -0.512. The first kappa shape index (κ1) is 18.1. The van der Waals surface area contributed by atoms with Gasteiger partial charge in [0, 0.05) is 24.3 Å². The molecular weight excluding hydrogens is 354 g/mol. The molecule has 3 rings (SSSR count). The third-order valence-electron chi connectivity index (χ3n) is 3.47. The number of carbonyl (C=O) groups is 2. The van der Waals surface area contributed by atoms with Crippen LogP contribution in [0.2, 0.25) is 0 Å². The SMILES string of the molecule is CC(C)(C)OC(=O)NCCNc1nnc(-c2ccc3c(c2)CC(=O)N3)s1. The molecule has 3 N–H and O–H groups in total. The second kappa shape index (κ2) is 7.28. The smallest absolute Gasteiger partial charge is 0.407 e. The van der Waals surface area contributed by atoms with Gasteiger partial charge >= 0.3 is 6.09 Å². The molecule has 26 heavy (non-hydrogen) atoms. The van der Waals surface area contributed by atoms with E-state index in [1.54, 1.807) is 0 Å². The minimum absolute atomic E-state index is 0.00857. The lowest BCUT2D eigenvalue weighted by Gasteiger charge is -2.19. The molecule has 1 aromatic carbocycles. The molecule has 1 aliphatic rings. The number of amides is 2. The summed E-state index contributed by atoms with van der Waals surface area (Å²) >= 11 is 1.42. The van der Waals surface area contributed by atoms with E-state index in [-0.39, 0.29) is 5.91 Å². The van der Waals surface area contributed by atoms with Crippen LogP contribution in [0.4, 0.5) is 15.6 Å². The molecule has 0 radical (unpaired) electrons. The number of alkyl carbamates (subject to hydrolysis) is 1. The standard InChI is InChI=1S/C17H21N5O3S/c1-17(2,3)25-16(24)19-7-6-18-15-22-21-14(26-15)10-4-5-12-11(8-10)9-13(23)20-12/h4-5,8H,6-7,9H2,1-3H3,(H,18,22)(H,19,24)(H,20,23). The number of nitrogens with zero attached hydrogens (tertiary/aromatic N) is 2. The zero-order valence-corrected chi connectivity index (χ0v) is 15.7. The molecule has 1 aromatic heterocycles. The van der Waals surface area contributed by atoms with Gasteiger partial charge in [0.15, 0.2) is 0 Å². The molecule has 0 spiro atoms. The number of hydrogen-bond donors (Lipinski definition) is 3. The molecule has 2 amide bonds. The maximum Gasteiger partial charge on any atom is 0.407 e. The molecule has 0 fully saturated rings. The Balaban J connectivity index is 1.50. The molecule has 1 aliphatic heterocycles. The Kier molecular flexibility index (Phi) is 5.08. The molecule has 0 saturated carbocycles. The molecule has 0 atom stereocenters. The number of anilines is 2. The van der Waals surface area contributed by atoms with E-state index in [1.165, 1.54) is 11.3 Å². The lowest BCUT2D eigenvalue weighted by Crippen LogP contribution is -2.34. The number of benzene rings is 1. The number of ether oxygens (including phenoxy) is 1. The second-order valence-electron chi connectivity index (χ2n) is 6.86. The summed E-state index contributed by atoms with van der Waals surface area (Å²) in [7, 11) is 0. The molecule has 9 heteroatoms. The summed E-state index contributed by atoms with van der Waals surface area (Å²) < 4.78 is 5.16. The van der Waals surface area contributed by atoms with Gasteiger partial charge < -0.3 is 20.7 Å². The van der Waals surface area contributed by atoms with Gasteiger partial charge in [-0.1, -0.05) is 11.3 Å². The minimum Gasteiger partial charge on any atom is -0.444 e. The fourth-order valence-electron chi connectivity index (χ4n) is 2.42. The number of nitrogens with one attached hydrogen (secondary N) is 3. The largest absolute Gasteiger partial charge is 0.444 e. The number of fused-ring (bicyclic) bond motifs is 1. The van der Waals surface area contributed by atoms with Crippen molar-refractivity contribution in [3.05, 3.63) is 23.8 Å². The van der Waals surface area contributed by atoms with Gasteiger partial charge in [0.2, 0.25) is 11.0 Å². The molecule has 0 bridgehead atoms. The van der Waals surface area contributed by atoms with Crippen molar-refractivity contribution in [1.82, 2.24) is 15.5 Å². The van der Waals surface area contributed by atoms with E-state index in [0.717, 1.165) is 21.8 Å². The van der Waals surface area contributed by atoms with Crippen LogP contribution in [0.25, 0.3) is 10.6 Å². The third kappa shape index (κ3) is 4.69. The second-order valence-corrected chi connectivity index (χ2v) is 7.84. The van der Waals surface area contributed by atoms with E-state index in [1.807, 2.05) is 39.0 Å². The Morgan fingerprint density at radius 3 is 2.88 bits per heavy atom. The average Bonchev–Trinajstić information content (AvgIpc) is 3.14. The highest BCUT2D eigenvalue weighted by atomic mass is 32.1. The zero-order valence-electron chi connectivity index (χ0n) is 14.9. The normalized spacial score (nSPS) is 13.1. The predicted molar refractivity (Wildman–Crippen MR) is 100 cm³/mol. The summed E-state index contributed by atoms with van der Waals surface area (Å²) in [6.45, 7) is 6.38. The molecule has 138 valence electrons. The van der Waals surface area contributed by atoms with Gasteiger partial charge in [-0.15, -0.1) is 10.2 Å². The van der Waals surface area contributed by atoms with Gasteiger partial charge in [-0.05, 0) is 44.5 Å². The number of hydrogen-bond acceptors (Lipinski definition) is 7. The van der Waals surface area contributed by atoms with Crippen LogP contribution in [-0.4, -0.2) is 40.9 Å². The van der Waals surface area contributed by atoms with Gasteiger partial charge in [0.25, 0.3) is 0 Å². The highest BCUT2D eigenvalue weighted by molar-refractivity contribution is 7.18. The number of carbonyl (C=O) groups excluding carboxylic acids is 2. The summed E-state index contributed by atoms with van der Waals surface area (Å²) in [5.41, 5.74) is 2.24. The van der Waals surface area contributed by atoms with Crippen molar-refractivity contribution >= 4 is 34.2 Å². The molecule has 8 nitrogen and oxygen atoms in total. The highest BCUT2D eigenvalue weighted by Gasteiger charge is 2.19. The monoisotopic (exact) mass is 375 g/mol. The summed E-state index contributed by atoms with van der Waals surface area (Å²) in [5.74, 6) is 0.00857. The van der Waals surface area contributed by atoms with Crippen LogP contribution in [0.15, 0.2) is 18.2 Å². The third-order valence-corrected chi connectivity index (χ3v) is 4.40. The first-order valence-corrected chi connectivity index (χ1v) is 9.09. The van der Waals surface area contributed by atoms with Crippen LogP contribution in [0.3, 0.4) is 0 Å². The number of aromatic nitrogens is 2. The van der Waals surface area contributed by atoms with E-state index in [4.69, 9.17) is 4.74 Å². The summed E-state index contributed by atoms with van der Waals surface area (Å²) in [4.78, 5) is 23.0. The first-order valence-electron chi connectivity index (χ1n) is 8.27. The van der Waals surface area contributed by atoms with Crippen LogP contribution < -0.4 is 16.0 Å². The fraction of sp³-hybridized carbons (Fsp3) is 0.412. The van der Waals surface area contributed by atoms with E-state index in [9.17, 15) is 9.59 Å². The van der Waals surface area contributed by atoms with E-state index in [0.29, 0.717) is 24.6 Å². The zero-order chi connectivity index (χ0) is 18.7. The van der Waals surface area contributed by atoms with E-state index >= 15 is 0 Å². The molecule has 0 unspecified atom stereocenters. The number of rotatable bonds is 5. The van der Waals surface area contributed by atoms with Gasteiger partial charge in [0.05, 0.1) is 6.42 Å². The molecule has 0 aliphatic carbocycles. The molecule has 2 aromatic rings. The van der Waals surface area contributed by atoms with E-state index in [2.05, 4.69) is 26.1 Å². The van der Waals surface area contributed by atoms with Gasteiger partial charge in [-0.3, -0.25) is 4.79 Å². The lowest BCUT2D eigenvalue weighted by molar-refractivity contribution is -0.115. The summed E-state index contributed by atoms with van der Waals surface area (Å²) in [5, 5.41) is 18.3. The van der Waals surface area contributed by atoms with Crippen LogP contribution in [-0.2, 0) is 16.0 Å². The highest BCUT2D eigenvalue weighted by Crippen LogP contribution is 2.31. The van der Waals surface area contributed by atoms with Crippen molar-refractivity contribution < 1.29 is 14.3 Å². The fourth-order valence-corrected chi connectivity index (χ4v) is 3.19. The summed E-state index contributed by atoms with van der Waals surface area (Å²) in [6.07, 6.45) is -0.0535. The molecule has 0 saturated heterocycles. The first-order chi connectivity index (χ1) is 12.3. The Morgan fingerprint density at radius 2 is 2.12 bits per heavy atom. The van der Waals surface area contributed by atoms with Gasteiger partial charge in [0.1, 0.15) is 10.6 Å². The molecular formula is C17H21N5O3S.